The molecule has 1 heterocycles. The molecule has 0 unspecified atom stereocenters. The zero-order valence-electron chi connectivity index (χ0n) is 15.1. The standard InChI is InChI=1S/C20H20N4O3/c1-26-15-8-10-18(27-2)17(12-15)22-20(25)16-9-11-19(24-23-16)21-13-14-6-4-3-5-7-14/h3-12H,13H2,1-2H3,(H,21,24)(H,22,25). The fourth-order valence-corrected chi connectivity index (χ4v) is 2.43. The first kappa shape index (κ1) is 18.2. The Labute approximate surface area is 157 Å². The number of rotatable bonds is 7. The third-order valence-corrected chi connectivity index (χ3v) is 3.87. The molecule has 138 valence electrons. The maximum Gasteiger partial charge on any atom is 0.276 e. The third-order valence-electron chi connectivity index (χ3n) is 3.87. The Morgan fingerprint density at radius 3 is 2.44 bits per heavy atom. The highest BCUT2D eigenvalue weighted by molar-refractivity contribution is 6.03. The number of nitrogens with zero attached hydrogens (tertiary/aromatic N) is 2. The van der Waals surface area contributed by atoms with Crippen molar-refractivity contribution in [2.45, 2.75) is 6.54 Å². The second kappa shape index (κ2) is 8.66. The van der Waals surface area contributed by atoms with Gasteiger partial charge < -0.3 is 20.1 Å². The molecule has 0 aliphatic rings. The van der Waals surface area contributed by atoms with Gasteiger partial charge in [0.2, 0.25) is 0 Å². The van der Waals surface area contributed by atoms with E-state index in [0.717, 1.165) is 5.56 Å². The third kappa shape index (κ3) is 4.72. The van der Waals surface area contributed by atoms with E-state index < -0.39 is 0 Å². The molecule has 0 aliphatic heterocycles. The highest BCUT2D eigenvalue weighted by Gasteiger charge is 2.13. The maximum atomic E-state index is 12.4. The molecule has 0 atom stereocenters. The molecule has 0 saturated carbocycles. The molecular formula is C20H20N4O3. The van der Waals surface area contributed by atoms with Crippen LogP contribution in [0.15, 0.2) is 60.7 Å². The average molecular weight is 364 g/mol. The molecule has 2 aromatic carbocycles. The van der Waals surface area contributed by atoms with E-state index in [2.05, 4.69) is 20.8 Å². The number of benzene rings is 2. The van der Waals surface area contributed by atoms with Gasteiger partial charge >= 0.3 is 0 Å². The summed E-state index contributed by atoms with van der Waals surface area (Å²) in [4.78, 5) is 12.4. The topological polar surface area (TPSA) is 85.4 Å². The molecule has 0 saturated heterocycles. The van der Waals surface area contributed by atoms with Gasteiger partial charge in [0.05, 0.1) is 19.9 Å². The van der Waals surface area contributed by atoms with Crippen molar-refractivity contribution < 1.29 is 14.3 Å². The molecule has 0 aliphatic carbocycles. The van der Waals surface area contributed by atoms with Gasteiger partial charge in [-0.3, -0.25) is 4.79 Å². The Morgan fingerprint density at radius 2 is 1.78 bits per heavy atom. The van der Waals surface area contributed by atoms with E-state index in [1.165, 1.54) is 7.11 Å². The Hall–Kier alpha value is -3.61. The van der Waals surface area contributed by atoms with Crippen LogP contribution in [-0.4, -0.2) is 30.3 Å². The van der Waals surface area contributed by atoms with E-state index in [4.69, 9.17) is 9.47 Å². The van der Waals surface area contributed by atoms with Crippen molar-refractivity contribution >= 4 is 17.4 Å². The maximum absolute atomic E-state index is 12.4. The summed E-state index contributed by atoms with van der Waals surface area (Å²) in [6, 6.07) is 18.4. The lowest BCUT2D eigenvalue weighted by atomic mass is 10.2. The van der Waals surface area contributed by atoms with Crippen LogP contribution in [0, 0.1) is 0 Å². The molecule has 27 heavy (non-hydrogen) atoms. The summed E-state index contributed by atoms with van der Waals surface area (Å²) in [7, 11) is 3.09. The van der Waals surface area contributed by atoms with E-state index in [-0.39, 0.29) is 11.6 Å². The van der Waals surface area contributed by atoms with Crippen molar-refractivity contribution in [3.8, 4) is 11.5 Å². The molecule has 1 amide bonds. The number of nitrogens with one attached hydrogen (secondary N) is 2. The number of hydrogen-bond donors (Lipinski definition) is 2. The van der Waals surface area contributed by atoms with E-state index in [1.54, 1.807) is 37.4 Å². The van der Waals surface area contributed by atoms with Crippen LogP contribution >= 0.6 is 0 Å². The first-order valence-corrected chi connectivity index (χ1v) is 8.34. The zero-order chi connectivity index (χ0) is 19.1. The predicted octanol–water partition coefficient (Wildman–Crippen LogP) is 3.36. The number of ether oxygens (including phenoxy) is 2. The summed E-state index contributed by atoms with van der Waals surface area (Å²) >= 11 is 0. The van der Waals surface area contributed by atoms with Gasteiger partial charge in [-0.1, -0.05) is 30.3 Å². The van der Waals surface area contributed by atoms with E-state index in [1.807, 2.05) is 30.3 Å². The minimum Gasteiger partial charge on any atom is -0.497 e. The van der Waals surface area contributed by atoms with Crippen LogP contribution in [0.2, 0.25) is 0 Å². The molecule has 0 radical (unpaired) electrons. The van der Waals surface area contributed by atoms with Crippen LogP contribution in [0.4, 0.5) is 11.5 Å². The van der Waals surface area contributed by atoms with Crippen molar-refractivity contribution in [2.75, 3.05) is 24.9 Å². The summed E-state index contributed by atoms with van der Waals surface area (Å²) in [6.45, 7) is 0.627. The van der Waals surface area contributed by atoms with Crippen LogP contribution in [0.3, 0.4) is 0 Å². The van der Waals surface area contributed by atoms with Crippen molar-refractivity contribution in [1.82, 2.24) is 10.2 Å². The van der Waals surface area contributed by atoms with Crippen molar-refractivity contribution in [3.63, 3.8) is 0 Å². The number of aromatic nitrogens is 2. The molecular weight excluding hydrogens is 344 g/mol. The van der Waals surface area contributed by atoms with Gasteiger partial charge in [-0.05, 0) is 29.8 Å². The fraction of sp³-hybridized carbons (Fsp3) is 0.150. The molecule has 0 spiro atoms. The minimum absolute atomic E-state index is 0.199. The van der Waals surface area contributed by atoms with Crippen LogP contribution in [-0.2, 0) is 6.54 Å². The Morgan fingerprint density at radius 1 is 0.963 bits per heavy atom. The quantitative estimate of drug-likeness (QED) is 0.669. The molecule has 2 N–H and O–H groups in total. The SMILES string of the molecule is COc1ccc(OC)c(NC(=O)c2ccc(NCc3ccccc3)nn2)c1. The first-order chi connectivity index (χ1) is 13.2. The number of hydrogen-bond acceptors (Lipinski definition) is 6. The van der Waals surface area contributed by atoms with Crippen LogP contribution in [0.1, 0.15) is 16.1 Å². The number of carbonyl (C=O) groups is 1. The van der Waals surface area contributed by atoms with E-state index in [0.29, 0.717) is 29.5 Å². The van der Waals surface area contributed by atoms with Gasteiger partial charge in [0.25, 0.3) is 5.91 Å². The van der Waals surface area contributed by atoms with Gasteiger partial charge in [-0.25, -0.2) is 0 Å². The average Bonchev–Trinajstić information content (AvgIpc) is 2.73. The van der Waals surface area contributed by atoms with Gasteiger partial charge in [-0.15, -0.1) is 10.2 Å². The molecule has 7 heteroatoms. The smallest absolute Gasteiger partial charge is 0.276 e. The number of amides is 1. The van der Waals surface area contributed by atoms with E-state index >= 15 is 0 Å². The Kier molecular flexibility index (Phi) is 5.84. The Balaban J connectivity index is 1.65. The molecule has 1 aromatic heterocycles. The molecule has 3 rings (SSSR count). The summed E-state index contributed by atoms with van der Waals surface area (Å²) in [6.07, 6.45) is 0. The van der Waals surface area contributed by atoms with Gasteiger partial charge in [-0.2, -0.15) is 0 Å². The molecule has 7 nitrogen and oxygen atoms in total. The zero-order valence-corrected chi connectivity index (χ0v) is 15.1. The Bertz CT molecular complexity index is 899. The lowest BCUT2D eigenvalue weighted by molar-refractivity contribution is 0.102. The molecule has 0 bridgehead atoms. The lowest BCUT2D eigenvalue weighted by Crippen LogP contribution is -2.15. The normalized spacial score (nSPS) is 10.1. The van der Waals surface area contributed by atoms with Gasteiger partial charge in [0, 0.05) is 12.6 Å². The first-order valence-electron chi connectivity index (χ1n) is 8.34. The highest BCUT2D eigenvalue weighted by atomic mass is 16.5. The second-order valence-electron chi connectivity index (χ2n) is 5.66. The predicted molar refractivity (Wildman–Crippen MR) is 103 cm³/mol. The van der Waals surface area contributed by atoms with Crippen molar-refractivity contribution in [3.05, 3.63) is 71.9 Å². The fourth-order valence-electron chi connectivity index (χ4n) is 2.43. The van der Waals surface area contributed by atoms with Crippen molar-refractivity contribution in [2.24, 2.45) is 0 Å². The number of methoxy groups -OCH3 is 2. The summed E-state index contributed by atoms with van der Waals surface area (Å²) < 4.78 is 10.4. The second-order valence-corrected chi connectivity index (χ2v) is 5.66. The molecule has 3 aromatic rings. The van der Waals surface area contributed by atoms with Gasteiger partial charge in [0.15, 0.2) is 5.69 Å². The van der Waals surface area contributed by atoms with Crippen LogP contribution in [0.5, 0.6) is 11.5 Å². The summed E-state index contributed by atoms with van der Waals surface area (Å²) in [5.74, 6) is 1.34. The number of anilines is 2. The van der Waals surface area contributed by atoms with Gasteiger partial charge in [0.1, 0.15) is 17.3 Å². The monoisotopic (exact) mass is 364 g/mol. The summed E-state index contributed by atoms with van der Waals surface area (Å²) in [5, 5.41) is 14.0. The summed E-state index contributed by atoms with van der Waals surface area (Å²) in [5.41, 5.74) is 1.83. The lowest BCUT2D eigenvalue weighted by Gasteiger charge is -2.11. The minimum atomic E-state index is -0.385. The van der Waals surface area contributed by atoms with Crippen molar-refractivity contribution in [1.29, 1.82) is 0 Å². The largest absolute Gasteiger partial charge is 0.497 e. The van der Waals surface area contributed by atoms with E-state index in [9.17, 15) is 4.79 Å². The number of carbonyl (C=O) groups excluding carboxylic acids is 1. The van der Waals surface area contributed by atoms with Crippen LogP contribution in [0.25, 0.3) is 0 Å². The highest BCUT2D eigenvalue weighted by Crippen LogP contribution is 2.29. The molecule has 0 fully saturated rings. The van der Waals surface area contributed by atoms with Crippen LogP contribution < -0.4 is 20.1 Å².